The number of carbonyl (C=O) groups excluding carboxylic acids is 2. The molecular formula is C13H23NO4. The van der Waals surface area contributed by atoms with Crippen LogP contribution in [0.1, 0.15) is 41.0 Å². The molecule has 1 amide bonds. The molecule has 104 valence electrons. The van der Waals surface area contributed by atoms with Gasteiger partial charge in [-0.25, -0.2) is 9.59 Å². The second-order valence-electron chi connectivity index (χ2n) is 5.74. The summed E-state index contributed by atoms with van der Waals surface area (Å²) in [7, 11) is 0. The Balaban J connectivity index is 2.72. The number of likely N-dealkylation sites (tertiary alicyclic amines) is 1. The van der Waals surface area contributed by atoms with Gasteiger partial charge in [-0.3, -0.25) is 4.90 Å². The van der Waals surface area contributed by atoms with Crippen LogP contribution in [0.25, 0.3) is 0 Å². The van der Waals surface area contributed by atoms with Gasteiger partial charge in [0.2, 0.25) is 0 Å². The maximum absolute atomic E-state index is 12.0. The monoisotopic (exact) mass is 257 g/mol. The Morgan fingerprint density at radius 2 is 1.94 bits per heavy atom. The average Bonchev–Trinajstić information content (AvgIpc) is 2.58. The molecule has 1 fully saturated rings. The van der Waals surface area contributed by atoms with Crippen molar-refractivity contribution in [3.8, 4) is 0 Å². The minimum Gasteiger partial charge on any atom is -0.464 e. The number of hydrogen-bond acceptors (Lipinski definition) is 4. The fraction of sp³-hybridized carbons (Fsp3) is 0.846. The maximum Gasteiger partial charge on any atom is 0.411 e. The van der Waals surface area contributed by atoms with Crippen LogP contribution in [0.4, 0.5) is 4.79 Å². The molecule has 0 N–H and O–H groups in total. The first kappa shape index (κ1) is 14.8. The fourth-order valence-corrected chi connectivity index (χ4v) is 2.03. The molecule has 1 heterocycles. The molecule has 5 heteroatoms. The number of hydrogen-bond donors (Lipinski definition) is 0. The summed E-state index contributed by atoms with van der Waals surface area (Å²) in [6.07, 6.45) is 0.197. The molecular weight excluding hydrogens is 234 g/mol. The smallest absolute Gasteiger partial charge is 0.411 e. The lowest BCUT2D eigenvalue weighted by Gasteiger charge is -2.27. The van der Waals surface area contributed by atoms with E-state index in [0.717, 1.165) is 0 Å². The van der Waals surface area contributed by atoms with Crippen LogP contribution in [0.5, 0.6) is 0 Å². The molecule has 0 aromatic heterocycles. The molecule has 18 heavy (non-hydrogen) atoms. The van der Waals surface area contributed by atoms with Crippen molar-refractivity contribution in [1.29, 1.82) is 0 Å². The number of rotatable bonds is 2. The molecule has 0 spiro atoms. The van der Waals surface area contributed by atoms with Gasteiger partial charge in [0, 0.05) is 6.54 Å². The Labute approximate surface area is 108 Å². The second-order valence-corrected chi connectivity index (χ2v) is 5.74. The number of esters is 1. The zero-order valence-corrected chi connectivity index (χ0v) is 11.9. The quantitative estimate of drug-likeness (QED) is 0.712. The van der Waals surface area contributed by atoms with E-state index < -0.39 is 17.7 Å². The summed E-state index contributed by atoms with van der Waals surface area (Å²) in [4.78, 5) is 25.3. The van der Waals surface area contributed by atoms with Gasteiger partial charge >= 0.3 is 12.1 Å². The molecule has 1 rings (SSSR count). The van der Waals surface area contributed by atoms with Crippen LogP contribution in [-0.2, 0) is 14.3 Å². The van der Waals surface area contributed by atoms with E-state index in [4.69, 9.17) is 9.47 Å². The van der Waals surface area contributed by atoms with Gasteiger partial charge in [0.15, 0.2) is 0 Å². The molecule has 1 aliphatic heterocycles. The van der Waals surface area contributed by atoms with E-state index in [-0.39, 0.29) is 11.9 Å². The van der Waals surface area contributed by atoms with Crippen LogP contribution in [0.3, 0.4) is 0 Å². The Hall–Kier alpha value is -1.26. The van der Waals surface area contributed by atoms with Crippen molar-refractivity contribution < 1.29 is 19.1 Å². The van der Waals surface area contributed by atoms with Gasteiger partial charge < -0.3 is 9.47 Å². The number of nitrogens with zero attached hydrogens (tertiary/aromatic N) is 1. The highest BCUT2D eigenvalue weighted by molar-refractivity contribution is 5.82. The van der Waals surface area contributed by atoms with Crippen molar-refractivity contribution >= 4 is 12.1 Å². The van der Waals surface area contributed by atoms with Gasteiger partial charge in [0.25, 0.3) is 0 Å². The van der Waals surface area contributed by atoms with Crippen LogP contribution >= 0.6 is 0 Å². The summed E-state index contributed by atoms with van der Waals surface area (Å²) in [6.45, 7) is 10.1. The van der Waals surface area contributed by atoms with Crippen molar-refractivity contribution in [1.82, 2.24) is 4.90 Å². The topological polar surface area (TPSA) is 55.8 Å². The molecule has 0 radical (unpaired) electrons. The molecule has 0 aliphatic carbocycles. The normalized spacial score (nSPS) is 23.9. The minimum absolute atomic E-state index is 0.284. The van der Waals surface area contributed by atoms with Gasteiger partial charge in [-0.15, -0.1) is 0 Å². The number of amides is 1. The van der Waals surface area contributed by atoms with Crippen LogP contribution in [0.2, 0.25) is 0 Å². The molecule has 1 aliphatic rings. The molecule has 0 bridgehead atoms. The zero-order chi connectivity index (χ0) is 13.9. The van der Waals surface area contributed by atoms with Crippen molar-refractivity contribution in [2.24, 2.45) is 5.92 Å². The Kier molecular flexibility index (Phi) is 4.59. The molecule has 0 aromatic carbocycles. The third-order valence-corrected chi connectivity index (χ3v) is 2.70. The van der Waals surface area contributed by atoms with E-state index in [2.05, 4.69) is 0 Å². The summed E-state index contributed by atoms with van der Waals surface area (Å²) in [6, 6.07) is -0.505. The summed E-state index contributed by atoms with van der Waals surface area (Å²) in [5.41, 5.74) is -0.553. The number of ether oxygens (including phenoxy) is 2. The first-order chi connectivity index (χ1) is 8.24. The number of carbonyl (C=O) groups is 2. The van der Waals surface area contributed by atoms with Gasteiger partial charge in [-0.05, 0) is 40.0 Å². The molecule has 5 nitrogen and oxygen atoms in total. The predicted molar refractivity (Wildman–Crippen MR) is 67.1 cm³/mol. The van der Waals surface area contributed by atoms with Gasteiger partial charge in [-0.2, -0.15) is 0 Å². The van der Waals surface area contributed by atoms with Crippen LogP contribution in [0, 0.1) is 5.92 Å². The zero-order valence-electron chi connectivity index (χ0n) is 11.9. The Bertz CT molecular complexity index is 321. The van der Waals surface area contributed by atoms with E-state index in [1.54, 1.807) is 6.92 Å². The average molecular weight is 257 g/mol. The summed E-state index contributed by atoms with van der Waals surface area (Å²) in [5.74, 6) is -0.0559. The van der Waals surface area contributed by atoms with E-state index in [9.17, 15) is 9.59 Å². The first-order valence-electron chi connectivity index (χ1n) is 6.41. The lowest BCUT2D eigenvalue weighted by atomic mass is 10.1. The molecule has 0 aromatic rings. The van der Waals surface area contributed by atoms with Crippen molar-refractivity contribution in [3.05, 3.63) is 0 Å². The largest absolute Gasteiger partial charge is 0.464 e. The molecule has 2 atom stereocenters. The maximum atomic E-state index is 12.0. The third-order valence-electron chi connectivity index (χ3n) is 2.70. The standard InChI is InChI=1S/C13H23NO4/c1-6-17-11(15)10-7-9(2)8-14(10)12(16)18-13(3,4)5/h9-10H,6-8H2,1-5H3/t9-,10-/m1/s1. The van der Waals surface area contributed by atoms with Gasteiger partial charge in [0.1, 0.15) is 11.6 Å². The highest BCUT2D eigenvalue weighted by Gasteiger charge is 2.40. The van der Waals surface area contributed by atoms with E-state index in [0.29, 0.717) is 19.6 Å². The van der Waals surface area contributed by atoms with Crippen LogP contribution in [-0.4, -0.2) is 41.8 Å². The van der Waals surface area contributed by atoms with E-state index in [1.807, 2.05) is 27.7 Å². The lowest BCUT2D eigenvalue weighted by molar-refractivity contribution is -0.148. The molecule has 0 unspecified atom stereocenters. The lowest BCUT2D eigenvalue weighted by Crippen LogP contribution is -2.44. The Morgan fingerprint density at radius 3 is 2.44 bits per heavy atom. The predicted octanol–water partition coefficient (Wildman–Crippen LogP) is 2.20. The van der Waals surface area contributed by atoms with Crippen molar-refractivity contribution in [2.75, 3.05) is 13.2 Å². The summed E-state index contributed by atoms with van der Waals surface area (Å²) in [5, 5.41) is 0. The summed E-state index contributed by atoms with van der Waals surface area (Å²) < 4.78 is 10.3. The van der Waals surface area contributed by atoms with E-state index >= 15 is 0 Å². The third kappa shape index (κ3) is 3.89. The second kappa shape index (κ2) is 5.59. The highest BCUT2D eigenvalue weighted by Crippen LogP contribution is 2.25. The minimum atomic E-state index is -0.553. The SMILES string of the molecule is CCOC(=O)[C@H]1C[C@@H](C)CN1C(=O)OC(C)(C)C. The summed E-state index contributed by atoms with van der Waals surface area (Å²) >= 11 is 0. The fourth-order valence-electron chi connectivity index (χ4n) is 2.03. The van der Waals surface area contributed by atoms with Crippen LogP contribution in [0.15, 0.2) is 0 Å². The Morgan fingerprint density at radius 1 is 1.33 bits per heavy atom. The van der Waals surface area contributed by atoms with E-state index in [1.165, 1.54) is 4.90 Å². The first-order valence-corrected chi connectivity index (χ1v) is 6.41. The van der Waals surface area contributed by atoms with Gasteiger partial charge in [-0.1, -0.05) is 6.92 Å². The van der Waals surface area contributed by atoms with Crippen LogP contribution < -0.4 is 0 Å². The highest BCUT2D eigenvalue weighted by atomic mass is 16.6. The van der Waals surface area contributed by atoms with Crippen molar-refractivity contribution in [2.45, 2.75) is 52.7 Å². The molecule has 0 saturated carbocycles. The molecule has 1 saturated heterocycles. The van der Waals surface area contributed by atoms with Gasteiger partial charge in [0.05, 0.1) is 6.61 Å². The van der Waals surface area contributed by atoms with Crippen molar-refractivity contribution in [3.63, 3.8) is 0 Å².